The first-order chi connectivity index (χ1) is 13.3. The van der Waals surface area contributed by atoms with Crippen LogP contribution in [0.1, 0.15) is 60.3 Å². The second-order valence-electron chi connectivity index (χ2n) is 8.09. The van der Waals surface area contributed by atoms with E-state index in [4.69, 9.17) is 11.6 Å². The Hall–Kier alpha value is -2.20. The predicted octanol–water partition coefficient (Wildman–Crippen LogP) is 5.45. The van der Waals surface area contributed by atoms with Crippen LogP contribution < -0.4 is 5.32 Å². The van der Waals surface area contributed by atoms with E-state index < -0.39 is 5.54 Å². The molecule has 1 aromatic carbocycles. The molecule has 1 aliphatic rings. The van der Waals surface area contributed by atoms with E-state index >= 15 is 0 Å². The molecule has 1 atom stereocenters. The van der Waals surface area contributed by atoms with Crippen LogP contribution in [0, 0.1) is 5.82 Å². The number of aromatic nitrogens is 1. The number of pyridine rings is 1. The second-order valence-corrected chi connectivity index (χ2v) is 8.45. The van der Waals surface area contributed by atoms with Gasteiger partial charge in [0.25, 0.3) is 5.91 Å². The SMILES string of the molecule is C=C(C)CC(C)(Cc1ccc(F)cc1)NC(=O)c1cc2c(nc1Cl)CCCC2. The average Bonchev–Trinajstić information content (AvgIpc) is 2.62. The molecule has 1 aromatic heterocycles. The lowest BCUT2D eigenvalue weighted by molar-refractivity contribution is 0.0905. The van der Waals surface area contributed by atoms with Gasteiger partial charge in [-0.15, -0.1) is 6.58 Å². The van der Waals surface area contributed by atoms with Crippen LogP contribution in [0.4, 0.5) is 4.39 Å². The molecule has 5 heteroatoms. The highest BCUT2D eigenvalue weighted by molar-refractivity contribution is 6.32. The van der Waals surface area contributed by atoms with Gasteiger partial charge in [-0.25, -0.2) is 9.37 Å². The van der Waals surface area contributed by atoms with Crippen molar-refractivity contribution in [2.24, 2.45) is 0 Å². The monoisotopic (exact) mass is 400 g/mol. The number of hydrogen-bond acceptors (Lipinski definition) is 2. The Balaban J connectivity index is 1.85. The Morgan fingerprint density at radius 3 is 2.64 bits per heavy atom. The second kappa shape index (κ2) is 8.44. The fourth-order valence-electron chi connectivity index (χ4n) is 3.98. The van der Waals surface area contributed by atoms with E-state index in [1.54, 1.807) is 12.1 Å². The Kier molecular flexibility index (Phi) is 6.19. The normalized spacial score (nSPS) is 15.4. The summed E-state index contributed by atoms with van der Waals surface area (Å²) in [5.41, 5.74) is 3.86. The number of amides is 1. The highest BCUT2D eigenvalue weighted by Gasteiger charge is 2.29. The number of benzene rings is 1. The molecule has 28 heavy (non-hydrogen) atoms. The molecule has 3 rings (SSSR count). The van der Waals surface area contributed by atoms with Crippen LogP contribution in [0.15, 0.2) is 42.5 Å². The standard InChI is InChI=1S/C23H26ClFN2O/c1-15(2)13-23(3,14-16-8-10-18(25)11-9-16)27-22(28)19-12-17-6-4-5-7-20(17)26-21(19)24/h8-12H,1,4-7,13-14H2,2-3H3,(H,27,28). The van der Waals surface area contributed by atoms with Crippen molar-refractivity contribution in [3.8, 4) is 0 Å². The molecular formula is C23H26ClFN2O. The minimum Gasteiger partial charge on any atom is -0.346 e. The third-order valence-corrected chi connectivity index (χ3v) is 5.40. The van der Waals surface area contributed by atoms with Gasteiger partial charge in [0, 0.05) is 11.2 Å². The van der Waals surface area contributed by atoms with Crippen molar-refractivity contribution in [2.75, 3.05) is 0 Å². The van der Waals surface area contributed by atoms with Gasteiger partial charge in [-0.2, -0.15) is 0 Å². The van der Waals surface area contributed by atoms with E-state index in [2.05, 4.69) is 16.9 Å². The lowest BCUT2D eigenvalue weighted by atomic mass is 9.86. The molecule has 0 saturated heterocycles. The van der Waals surface area contributed by atoms with Gasteiger partial charge in [0.05, 0.1) is 5.56 Å². The van der Waals surface area contributed by atoms with E-state index in [1.165, 1.54) is 12.1 Å². The van der Waals surface area contributed by atoms with Crippen molar-refractivity contribution in [1.82, 2.24) is 10.3 Å². The van der Waals surface area contributed by atoms with Crippen LogP contribution >= 0.6 is 11.6 Å². The molecule has 1 unspecified atom stereocenters. The van der Waals surface area contributed by atoms with E-state index in [-0.39, 0.29) is 16.9 Å². The Morgan fingerprint density at radius 2 is 1.96 bits per heavy atom. The number of carbonyl (C=O) groups is 1. The van der Waals surface area contributed by atoms with E-state index in [0.29, 0.717) is 18.4 Å². The molecule has 0 aliphatic heterocycles. The molecule has 1 amide bonds. The van der Waals surface area contributed by atoms with Gasteiger partial charge in [-0.05, 0) is 81.7 Å². The van der Waals surface area contributed by atoms with Crippen molar-refractivity contribution in [3.63, 3.8) is 0 Å². The zero-order valence-electron chi connectivity index (χ0n) is 16.4. The number of hydrogen-bond donors (Lipinski definition) is 1. The van der Waals surface area contributed by atoms with Gasteiger partial charge in [-0.1, -0.05) is 29.3 Å². The lowest BCUT2D eigenvalue weighted by Gasteiger charge is -2.32. The van der Waals surface area contributed by atoms with Gasteiger partial charge < -0.3 is 5.32 Å². The van der Waals surface area contributed by atoms with E-state index in [9.17, 15) is 9.18 Å². The van der Waals surface area contributed by atoms with Crippen molar-refractivity contribution in [1.29, 1.82) is 0 Å². The maximum Gasteiger partial charge on any atom is 0.254 e. The number of halogens is 2. The van der Waals surface area contributed by atoms with Gasteiger partial charge in [0.15, 0.2) is 0 Å². The molecule has 0 spiro atoms. The number of fused-ring (bicyclic) bond motifs is 1. The maximum atomic E-state index is 13.2. The number of nitrogens with zero attached hydrogens (tertiary/aromatic N) is 1. The number of aryl methyl sites for hydroxylation is 2. The Morgan fingerprint density at radius 1 is 1.29 bits per heavy atom. The molecule has 148 valence electrons. The van der Waals surface area contributed by atoms with Crippen molar-refractivity contribution in [2.45, 2.75) is 57.9 Å². The molecule has 0 radical (unpaired) electrons. The highest BCUT2D eigenvalue weighted by Crippen LogP contribution is 2.27. The first-order valence-corrected chi connectivity index (χ1v) is 10.0. The van der Waals surface area contributed by atoms with Crippen LogP contribution in [0.3, 0.4) is 0 Å². The third-order valence-electron chi connectivity index (χ3n) is 5.11. The van der Waals surface area contributed by atoms with Crippen molar-refractivity contribution in [3.05, 3.63) is 75.8 Å². The zero-order chi connectivity index (χ0) is 20.3. The fraction of sp³-hybridized carbons (Fsp3) is 0.391. The predicted molar refractivity (Wildman–Crippen MR) is 111 cm³/mol. The molecule has 3 nitrogen and oxygen atoms in total. The van der Waals surface area contributed by atoms with Crippen molar-refractivity contribution >= 4 is 17.5 Å². The summed E-state index contributed by atoms with van der Waals surface area (Å²) in [5.74, 6) is -0.516. The minimum atomic E-state index is -0.569. The third kappa shape index (κ3) is 4.99. The summed E-state index contributed by atoms with van der Waals surface area (Å²) in [6.45, 7) is 7.91. The summed E-state index contributed by atoms with van der Waals surface area (Å²) in [7, 11) is 0. The topological polar surface area (TPSA) is 42.0 Å². The summed E-state index contributed by atoms with van der Waals surface area (Å²) in [4.78, 5) is 17.5. The first kappa shape index (κ1) is 20.5. The molecule has 0 bridgehead atoms. The molecule has 1 N–H and O–H groups in total. The summed E-state index contributed by atoms with van der Waals surface area (Å²) in [6.07, 6.45) is 5.22. The molecular weight excluding hydrogens is 375 g/mol. The summed E-state index contributed by atoms with van der Waals surface area (Å²) in [5, 5.41) is 3.38. The van der Waals surface area contributed by atoms with E-state index in [0.717, 1.165) is 48.1 Å². The van der Waals surface area contributed by atoms with Crippen LogP contribution in [0.25, 0.3) is 0 Å². The van der Waals surface area contributed by atoms with Crippen LogP contribution in [0.2, 0.25) is 5.15 Å². The van der Waals surface area contributed by atoms with E-state index in [1.807, 2.05) is 19.9 Å². The van der Waals surface area contributed by atoms with Crippen LogP contribution in [0.5, 0.6) is 0 Å². The van der Waals surface area contributed by atoms with Gasteiger partial charge >= 0.3 is 0 Å². The quantitative estimate of drug-likeness (QED) is 0.517. The highest BCUT2D eigenvalue weighted by atomic mass is 35.5. The number of nitrogens with one attached hydrogen (secondary N) is 1. The van der Waals surface area contributed by atoms with Gasteiger partial charge in [0.1, 0.15) is 11.0 Å². The number of carbonyl (C=O) groups excluding carboxylic acids is 1. The van der Waals surface area contributed by atoms with Gasteiger partial charge in [-0.3, -0.25) is 4.79 Å². The molecule has 0 fully saturated rings. The largest absolute Gasteiger partial charge is 0.346 e. The molecule has 1 aliphatic carbocycles. The van der Waals surface area contributed by atoms with Crippen molar-refractivity contribution < 1.29 is 9.18 Å². The number of rotatable bonds is 6. The maximum absolute atomic E-state index is 13.2. The Bertz CT molecular complexity index is 894. The minimum absolute atomic E-state index is 0.239. The first-order valence-electron chi connectivity index (χ1n) is 9.65. The lowest BCUT2D eigenvalue weighted by Crippen LogP contribution is -2.48. The fourth-order valence-corrected chi connectivity index (χ4v) is 4.22. The average molecular weight is 401 g/mol. The zero-order valence-corrected chi connectivity index (χ0v) is 17.2. The molecule has 0 saturated carbocycles. The van der Waals surface area contributed by atoms with Crippen LogP contribution in [-0.4, -0.2) is 16.4 Å². The molecule has 1 heterocycles. The Labute approximate surface area is 171 Å². The van der Waals surface area contributed by atoms with Gasteiger partial charge in [0.2, 0.25) is 0 Å². The summed E-state index contributed by atoms with van der Waals surface area (Å²) >= 11 is 6.34. The van der Waals surface area contributed by atoms with Crippen LogP contribution in [-0.2, 0) is 19.3 Å². The summed E-state index contributed by atoms with van der Waals surface area (Å²) in [6, 6.07) is 8.24. The molecule has 2 aromatic rings. The summed E-state index contributed by atoms with van der Waals surface area (Å²) < 4.78 is 13.2. The smallest absolute Gasteiger partial charge is 0.254 e.